The lowest BCUT2D eigenvalue weighted by Crippen LogP contribution is -2.30. The molecule has 3 aromatic rings. The van der Waals surface area contributed by atoms with Crippen LogP contribution in [0.3, 0.4) is 0 Å². The summed E-state index contributed by atoms with van der Waals surface area (Å²) in [5.41, 5.74) is 2.30. The van der Waals surface area contributed by atoms with E-state index < -0.39 is 10.3 Å². The number of ether oxygens (including phenoxy) is 3. The number of non-ortho nitro benzene ring substituents is 1. The Kier molecular flexibility index (Phi) is 10.4. The molecule has 0 aromatic heterocycles. The molecular formula is C29H34N6O6. The molecule has 0 amide bonds. The van der Waals surface area contributed by atoms with Gasteiger partial charge in [0.05, 0.1) is 42.5 Å². The van der Waals surface area contributed by atoms with Crippen molar-refractivity contribution in [1.82, 2.24) is 0 Å². The molecule has 3 rings (SSSR count). The first kappa shape index (κ1) is 30.7. The highest BCUT2D eigenvalue weighted by molar-refractivity contribution is 5.75. The van der Waals surface area contributed by atoms with Crippen LogP contribution in [0.4, 0.5) is 34.1 Å². The van der Waals surface area contributed by atoms with E-state index in [-0.39, 0.29) is 11.7 Å². The molecule has 0 aliphatic heterocycles. The van der Waals surface area contributed by atoms with Gasteiger partial charge >= 0.3 is 5.97 Å². The Morgan fingerprint density at radius 1 is 0.878 bits per heavy atom. The van der Waals surface area contributed by atoms with Gasteiger partial charge in [0.15, 0.2) is 0 Å². The Hall–Kier alpha value is -4.87. The summed E-state index contributed by atoms with van der Waals surface area (Å²) in [4.78, 5) is 24.5. The van der Waals surface area contributed by atoms with Gasteiger partial charge < -0.3 is 19.1 Å². The highest BCUT2D eigenvalue weighted by atomic mass is 16.6. The van der Waals surface area contributed by atoms with Crippen molar-refractivity contribution in [3.05, 3.63) is 70.8 Å². The van der Waals surface area contributed by atoms with Gasteiger partial charge in [0.2, 0.25) is 0 Å². The molecule has 0 aliphatic carbocycles. The molecule has 0 bridgehead atoms. The zero-order valence-corrected chi connectivity index (χ0v) is 24.0. The van der Waals surface area contributed by atoms with Crippen molar-refractivity contribution < 1.29 is 23.9 Å². The molecule has 0 radical (unpaired) electrons. The van der Waals surface area contributed by atoms with Crippen LogP contribution in [0.1, 0.15) is 27.2 Å². The van der Waals surface area contributed by atoms with Gasteiger partial charge in [-0.2, -0.15) is 10.2 Å². The van der Waals surface area contributed by atoms with E-state index in [1.807, 2.05) is 57.0 Å². The van der Waals surface area contributed by atoms with E-state index in [0.717, 1.165) is 12.1 Å². The van der Waals surface area contributed by atoms with Gasteiger partial charge in [0.1, 0.15) is 29.5 Å². The predicted octanol–water partition coefficient (Wildman–Crippen LogP) is 7.86. The first-order valence-electron chi connectivity index (χ1n) is 12.9. The maximum atomic E-state index is 12.2. The average Bonchev–Trinajstić information content (AvgIpc) is 2.98. The molecule has 216 valence electrons. The summed E-state index contributed by atoms with van der Waals surface area (Å²) in [6, 6.07) is 16.4. The van der Waals surface area contributed by atoms with Crippen LogP contribution in [0.25, 0.3) is 0 Å². The van der Waals surface area contributed by atoms with Gasteiger partial charge in [-0.25, -0.2) is 0 Å². The van der Waals surface area contributed by atoms with Crippen LogP contribution in [0.2, 0.25) is 0 Å². The Balaban J connectivity index is 1.68. The fourth-order valence-electron chi connectivity index (χ4n) is 3.40. The largest absolute Gasteiger partial charge is 0.494 e. The summed E-state index contributed by atoms with van der Waals surface area (Å²) in [6.45, 7) is 6.57. The summed E-state index contributed by atoms with van der Waals surface area (Å²) in [5.74, 6) is 0.603. The van der Waals surface area contributed by atoms with Gasteiger partial charge in [0.25, 0.3) is 5.69 Å². The normalized spacial score (nSPS) is 11.6. The predicted molar refractivity (Wildman–Crippen MR) is 156 cm³/mol. The monoisotopic (exact) mass is 562 g/mol. The minimum absolute atomic E-state index is 0.0335. The number of nitrogens with zero attached hydrogens (tertiary/aromatic N) is 6. The molecule has 0 heterocycles. The van der Waals surface area contributed by atoms with E-state index in [4.69, 9.17) is 14.2 Å². The molecule has 3 aromatic carbocycles. The smallest absolute Gasteiger partial charge is 0.311 e. The molecule has 0 N–H and O–H groups in total. The van der Waals surface area contributed by atoms with E-state index >= 15 is 0 Å². The minimum atomic E-state index is -0.488. The number of anilines is 1. The standard InChI is InChI=1S/C29H34N6O6/c1-7-29(2,3)28(36)41-17-16-34(4)22-12-8-20(9-13-22)30-32-24-18-27(40-6)25(19-26(24)39-5)33-31-21-10-14-23(15-11-21)35(37)38/h8-15,18-19H,7,16-17H2,1-6H3/b32-30+,33-31+. The van der Waals surface area contributed by atoms with Gasteiger partial charge in [-0.15, -0.1) is 10.2 Å². The molecule has 0 saturated heterocycles. The molecular weight excluding hydrogens is 528 g/mol. The number of benzene rings is 3. The molecule has 41 heavy (non-hydrogen) atoms. The van der Waals surface area contributed by atoms with Crippen molar-refractivity contribution in [2.24, 2.45) is 25.9 Å². The number of rotatable bonds is 13. The third-order valence-corrected chi connectivity index (χ3v) is 6.47. The van der Waals surface area contributed by atoms with Gasteiger partial charge in [-0.05, 0) is 56.7 Å². The second-order valence-electron chi connectivity index (χ2n) is 9.68. The quantitative estimate of drug-likeness (QED) is 0.0893. The van der Waals surface area contributed by atoms with Crippen LogP contribution in [0.5, 0.6) is 11.5 Å². The van der Waals surface area contributed by atoms with Crippen LogP contribution in [0, 0.1) is 15.5 Å². The van der Waals surface area contributed by atoms with Crippen molar-refractivity contribution in [3.63, 3.8) is 0 Å². The summed E-state index contributed by atoms with van der Waals surface area (Å²) >= 11 is 0. The first-order valence-corrected chi connectivity index (χ1v) is 12.9. The maximum Gasteiger partial charge on any atom is 0.311 e. The highest BCUT2D eigenvalue weighted by Gasteiger charge is 2.26. The number of nitro groups is 1. The van der Waals surface area contributed by atoms with Gasteiger partial charge in [0, 0.05) is 37.0 Å². The van der Waals surface area contributed by atoms with Crippen LogP contribution in [-0.4, -0.2) is 45.3 Å². The molecule has 12 nitrogen and oxygen atoms in total. The molecule has 12 heteroatoms. The molecule has 0 spiro atoms. The van der Waals surface area contributed by atoms with Crippen molar-refractivity contribution in [2.75, 3.05) is 39.3 Å². The first-order chi connectivity index (χ1) is 19.6. The summed E-state index contributed by atoms with van der Waals surface area (Å²) in [6.07, 6.45) is 0.718. The number of hydrogen-bond acceptors (Lipinski definition) is 11. The second kappa shape index (κ2) is 14.0. The number of carbonyl (C=O) groups excluding carboxylic acids is 1. The average molecular weight is 563 g/mol. The molecule has 0 aliphatic rings. The van der Waals surface area contributed by atoms with Crippen molar-refractivity contribution >= 4 is 40.1 Å². The Bertz CT molecular complexity index is 1400. The summed E-state index contributed by atoms with van der Waals surface area (Å²) < 4.78 is 16.4. The lowest BCUT2D eigenvalue weighted by molar-refractivity contribution is -0.384. The molecule has 0 saturated carbocycles. The second-order valence-corrected chi connectivity index (χ2v) is 9.68. The van der Waals surface area contributed by atoms with Gasteiger partial charge in [-0.1, -0.05) is 6.92 Å². The third-order valence-electron chi connectivity index (χ3n) is 6.47. The topological polar surface area (TPSA) is 141 Å². The van der Waals surface area contributed by atoms with Crippen LogP contribution >= 0.6 is 0 Å². The maximum absolute atomic E-state index is 12.2. The lowest BCUT2D eigenvalue weighted by Gasteiger charge is -2.23. The molecule has 0 fully saturated rings. The Morgan fingerprint density at radius 2 is 1.37 bits per heavy atom. The molecule has 0 atom stereocenters. The number of azo groups is 2. The Morgan fingerprint density at radius 3 is 1.80 bits per heavy atom. The van der Waals surface area contributed by atoms with E-state index in [2.05, 4.69) is 20.5 Å². The van der Waals surface area contributed by atoms with Crippen molar-refractivity contribution in [2.45, 2.75) is 27.2 Å². The van der Waals surface area contributed by atoms with E-state index in [0.29, 0.717) is 47.4 Å². The Labute approximate surface area is 238 Å². The summed E-state index contributed by atoms with van der Waals surface area (Å²) in [7, 11) is 4.92. The molecule has 0 unspecified atom stereocenters. The van der Waals surface area contributed by atoms with Crippen LogP contribution in [0.15, 0.2) is 81.1 Å². The van der Waals surface area contributed by atoms with E-state index in [9.17, 15) is 14.9 Å². The number of hydrogen-bond donors (Lipinski definition) is 0. The van der Waals surface area contributed by atoms with E-state index in [1.54, 1.807) is 12.1 Å². The zero-order valence-electron chi connectivity index (χ0n) is 24.0. The number of esters is 1. The number of likely N-dealkylation sites (N-methyl/N-ethyl adjacent to an activating group) is 1. The van der Waals surface area contributed by atoms with Crippen LogP contribution in [-0.2, 0) is 9.53 Å². The number of nitro benzene ring substituents is 1. The fraction of sp³-hybridized carbons (Fsp3) is 0.345. The van der Waals surface area contributed by atoms with Crippen LogP contribution < -0.4 is 14.4 Å². The number of methoxy groups -OCH3 is 2. The minimum Gasteiger partial charge on any atom is -0.494 e. The van der Waals surface area contributed by atoms with E-state index in [1.165, 1.54) is 38.5 Å². The SMILES string of the molecule is CCC(C)(C)C(=O)OCCN(C)c1ccc(/N=N/c2cc(OC)c(/N=N/c3ccc([N+](=O)[O-])cc3)cc2OC)cc1. The van der Waals surface area contributed by atoms with Gasteiger partial charge in [-0.3, -0.25) is 14.9 Å². The zero-order chi connectivity index (χ0) is 30.0. The third kappa shape index (κ3) is 8.31. The van der Waals surface area contributed by atoms with Crippen molar-refractivity contribution in [1.29, 1.82) is 0 Å². The summed E-state index contributed by atoms with van der Waals surface area (Å²) in [5, 5.41) is 27.8. The lowest BCUT2D eigenvalue weighted by atomic mass is 9.91. The van der Waals surface area contributed by atoms with Crippen molar-refractivity contribution in [3.8, 4) is 11.5 Å². The highest BCUT2D eigenvalue weighted by Crippen LogP contribution is 2.41. The fourth-order valence-corrected chi connectivity index (χ4v) is 3.40. The number of carbonyl (C=O) groups is 1.